The Morgan fingerprint density at radius 3 is 2.36 bits per heavy atom. The summed E-state index contributed by atoms with van der Waals surface area (Å²) in [5.41, 5.74) is 0. The van der Waals surface area contributed by atoms with Crippen molar-refractivity contribution in [2.45, 2.75) is 40.0 Å². The fraction of sp³-hybridized carbons (Fsp3) is 0.909. The number of amides is 1. The Morgan fingerprint density at radius 2 is 1.86 bits per heavy atom. The number of hydrogen-bond acceptors (Lipinski definition) is 2. The number of carbonyl (C=O) groups is 1. The van der Waals surface area contributed by atoms with E-state index in [4.69, 9.17) is 4.74 Å². The van der Waals surface area contributed by atoms with Crippen molar-refractivity contribution in [2.24, 2.45) is 0 Å². The summed E-state index contributed by atoms with van der Waals surface area (Å²) < 4.78 is 5.16. The molecule has 1 aliphatic rings. The van der Waals surface area contributed by atoms with Crippen molar-refractivity contribution < 1.29 is 9.53 Å². The molecule has 0 aliphatic carbocycles. The standard InChI is InChI=1S/C9H17NO2.C2H6/c1-2-3-4-9(11)10-5-7-12-8-6-10;1-2/h2-8H2,1H3;1-2H3. The van der Waals surface area contributed by atoms with E-state index >= 15 is 0 Å². The van der Waals surface area contributed by atoms with E-state index in [0.717, 1.165) is 25.9 Å². The molecule has 0 atom stereocenters. The second-order valence-corrected chi connectivity index (χ2v) is 3.10. The smallest absolute Gasteiger partial charge is 0.222 e. The second kappa shape index (κ2) is 9.00. The number of morpholine rings is 1. The SMILES string of the molecule is CC.CCCCC(=O)N1CCOCC1. The molecule has 0 bridgehead atoms. The van der Waals surface area contributed by atoms with Crippen molar-refractivity contribution in [3.63, 3.8) is 0 Å². The van der Waals surface area contributed by atoms with Crippen molar-refractivity contribution in [3.8, 4) is 0 Å². The van der Waals surface area contributed by atoms with Crippen LogP contribution in [-0.2, 0) is 9.53 Å². The second-order valence-electron chi connectivity index (χ2n) is 3.10. The molecule has 1 saturated heterocycles. The first kappa shape index (κ1) is 13.4. The number of carbonyl (C=O) groups excluding carboxylic acids is 1. The van der Waals surface area contributed by atoms with Gasteiger partial charge in [0, 0.05) is 19.5 Å². The minimum atomic E-state index is 0.292. The van der Waals surface area contributed by atoms with Gasteiger partial charge in [0.2, 0.25) is 5.91 Å². The fourth-order valence-corrected chi connectivity index (χ4v) is 1.30. The van der Waals surface area contributed by atoms with Crippen LogP contribution in [0.3, 0.4) is 0 Å². The number of unbranched alkanes of at least 4 members (excludes halogenated alkanes) is 1. The van der Waals surface area contributed by atoms with Crippen molar-refractivity contribution in [1.29, 1.82) is 0 Å². The van der Waals surface area contributed by atoms with Crippen LogP contribution in [0.4, 0.5) is 0 Å². The topological polar surface area (TPSA) is 29.5 Å². The highest BCUT2D eigenvalue weighted by molar-refractivity contribution is 5.76. The van der Waals surface area contributed by atoms with Crippen LogP contribution >= 0.6 is 0 Å². The number of rotatable bonds is 3. The molecule has 0 aromatic carbocycles. The Bertz CT molecular complexity index is 142. The van der Waals surface area contributed by atoms with E-state index in [1.165, 1.54) is 0 Å². The van der Waals surface area contributed by atoms with Crippen LogP contribution in [0.15, 0.2) is 0 Å². The zero-order chi connectivity index (χ0) is 10.8. The molecular weight excluding hydrogens is 178 g/mol. The predicted molar refractivity (Wildman–Crippen MR) is 58.3 cm³/mol. The van der Waals surface area contributed by atoms with Gasteiger partial charge >= 0.3 is 0 Å². The molecule has 0 spiro atoms. The molecule has 14 heavy (non-hydrogen) atoms. The van der Waals surface area contributed by atoms with Gasteiger partial charge in [-0.1, -0.05) is 27.2 Å². The van der Waals surface area contributed by atoms with E-state index < -0.39 is 0 Å². The maximum Gasteiger partial charge on any atom is 0.222 e. The summed E-state index contributed by atoms with van der Waals surface area (Å²) in [7, 11) is 0. The maximum atomic E-state index is 11.4. The van der Waals surface area contributed by atoms with Crippen molar-refractivity contribution in [3.05, 3.63) is 0 Å². The number of nitrogens with zero attached hydrogens (tertiary/aromatic N) is 1. The first-order chi connectivity index (χ1) is 6.84. The molecule has 0 N–H and O–H groups in total. The summed E-state index contributed by atoms with van der Waals surface area (Å²) >= 11 is 0. The molecule has 0 radical (unpaired) electrons. The van der Waals surface area contributed by atoms with Crippen LogP contribution < -0.4 is 0 Å². The van der Waals surface area contributed by atoms with Crippen LogP contribution in [0.5, 0.6) is 0 Å². The molecule has 3 nitrogen and oxygen atoms in total. The van der Waals surface area contributed by atoms with Gasteiger partial charge in [0.25, 0.3) is 0 Å². The lowest BCUT2D eigenvalue weighted by atomic mass is 10.2. The van der Waals surface area contributed by atoms with Crippen molar-refractivity contribution in [1.82, 2.24) is 4.90 Å². The largest absolute Gasteiger partial charge is 0.378 e. The molecule has 1 rings (SSSR count). The lowest BCUT2D eigenvalue weighted by Crippen LogP contribution is -2.40. The Labute approximate surface area is 87.4 Å². The van der Waals surface area contributed by atoms with Crippen LogP contribution in [0.1, 0.15) is 40.0 Å². The Balaban J connectivity index is 0.000000791. The Hall–Kier alpha value is -0.570. The van der Waals surface area contributed by atoms with Crippen LogP contribution in [0.25, 0.3) is 0 Å². The van der Waals surface area contributed by atoms with E-state index in [9.17, 15) is 4.79 Å². The third-order valence-corrected chi connectivity index (χ3v) is 2.11. The zero-order valence-corrected chi connectivity index (χ0v) is 9.71. The van der Waals surface area contributed by atoms with Gasteiger partial charge in [0.15, 0.2) is 0 Å². The fourth-order valence-electron chi connectivity index (χ4n) is 1.30. The highest BCUT2D eigenvalue weighted by Crippen LogP contribution is 2.03. The highest BCUT2D eigenvalue weighted by atomic mass is 16.5. The summed E-state index contributed by atoms with van der Waals surface area (Å²) in [6, 6.07) is 0. The molecule has 1 amide bonds. The summed E-state index contributed by atoms with van der Waals surface area (Å²) in [5.74, 6) is 0.292. The molecule has 1 heterocycles. The van der Waals surface area contributed by atoms with Gasteiger partial charge in [0.05, 0.1) is 13.2 Å². The molecule has 0 saturated carbocycles. The van der Waals surface area contributed by atoms with Gasteiger partial charge in [-0.05, 0) is 6.42 Å². The molecule has 1 fully saturated rings. The van der Waals surface area contributed by atoms with Crippen LogP contribution in [0.2, 0.25) is 0 Å². The van der Waals surface area contributed by atoms with E-state index in [2.05, 4.69) is 6.92 Å². The van der Waals surface area contributed by atoms with Crippen LogP contribution in [-0.4, -0.2) is 37.1 Å². The maximum absolute atomic E-state index is 11.4. The third-order valence-electron chi connectivity index (χ3n) is 2.11. The van der Waals surface area contributed by atoms with E-state index in [-0.39, 0.29) is 0 Å². The molecule has 0 unspecified atom stereocenters. The minimum absolute atomic E-state index is 0.292. The van der Waals surface area contributed by atoms with Crippen molar-refractivity contribution in [2.75, 3.05) is 26.3 Å². The molecule has 1 aliphatic heterocycles. The predicted octanol–water partition coefficient (Wildman–Crippen LogP) is 2.06. The van der Waals surface area contributed by atoms with E-state index in [0.29, 0.717) is 25.5 Å². The average molecular weight is 201 g/mol. The van der Waals surface area contributed by atoms with Crippen LogP contribution in [0, 0.1) is 0 Å². The molecule has 0 aromatic heterocycles. The van der Waals surface area contributed by atoms with Gasteiger partial charge in [-0.15, -0.1) is 0 Å². The molecular formula is C11H23NO2. The van der Waals surface area contributed by atoms with Gasteiger partial charge in [-0.25, -0.2) is 0 Å². The summed E-state index contributed by atoms with van der Waals surface area (Å²) in [6.07, 6.45) is 2.81. The first-order valence-corrected chi connectivity index (χ1v) is 5.70. The normalized spacial score (nSPS) is 15.8. The van der Waals surface area contributed by atoms with Gasteiger partial charge < -0.3 is 9.64 Å². The third kappa shape index (κ3) is 5.22. The summed E-state index contributed by atoms with van der Waals surface area (Å²) in [4.78, 5) is 13.3. The monoisotopic (exact) mass is 201 g/mol. The van der Waals surface area contributed by atoms with Gasteiger partial charge in [0.1, 0.15) is 0 Å². The number of hydrogen-bond donors (Lipinski definition) is 0. The van der Waals surface area contributed by atoms with E-state index in [1.807, 2.05) is 18.7 Å². The average Bonchev–Trinajstić information content (AvgIpc) is 2.30. The molecule has 84 valence electrons. The lowest BCUT2D eigenvalue weighted by Gasteiger charge is -2.26. The highest BCUT2D eigenvalue weighted by Gasteiger charge is 2.15. The quantitative estimate of drug-likeness (QED) is 0.699. The Morgan fingerprint density at radius 1 is 1.29 bits per heavy atom. The zero-order valence-electron chi connectivity index (χ0n) is 9.71. The minimum Gasteiger partial charge on any atom is -0.378 e. The van der Waals surface area contributed by atoms with Gasteiger partial charge in [-0.3, -0.25) is 4.79 Å². The lowest BCUT2D eigenvalue weighted by molar-refractivity contribution is -0.135. The Kier molecular flexibility index (Phi) is 8.64. The molecule has 3 heteroatoms. The molecule has 0 aromatic rings. The summed E-state index contributed by atoms with van der Waals surface area (Å²) in [5, 5.41) is 0. The van der Waals surface area contributed by atoms with Gasteiger partial charge in [-0.2, -0.15) is 0 Å². The van der Waals surface area contributed by atoms with E-state index in [1.54, 1.807) is 0 Å². The first-order valence-electron chi connectivity index (χ1n) is 5.70. The van der Waals surface area contributed by atoms with Crippen molar-refractivity contribution >= 4 is 5.91 Å². The summed E-state index contributed by atoms with van der Waals surface area (Å²) in [6.45, 7) is 9.08. The number of ether oxygens (including phenoxy) is 1.